The summed E-state index contributed by atoms with van der Waals surface area (Å²) >= 11 is 17.8. The molecule has 1 saturated heterocycles. The second-order valence-corrected chi connectivity index (χ2v) is 8.59. The van der Waals surface area contributed by atoms with Gasteiger partial charge in [-0.1, -0.05) is 48.7 Å². The van der Waals surface area contributed by atoms with Gasteiger partial charge in [-0.3, -0.25) is 0 Å². The zero-order valence-corrected chi connectivity index (χ0v) is 14.3. The van der Waals surface area contributed by atoms with Crippen molar-refractivity contribution in [3.05, 3.63) is 27.2 Å². The second-order valence-electron chi connectivity index (χ2n) is 5.46. The van der Waals surface area contributed by atoms with E-state index in [9.17, 15) is 8.42 Å². The lowest BCUT2D eigenvalue weighted by Crippen LogP contribution is -2.42. The van der Waals surface area contributed by atoms with Gasteiger partial charge in [0.15, 0.2) is 0 Å². The van der Waals surface area contributed by atoms with Crippen molar-refractivity contribution in [3.8, 4) is 0 Å². The molecule has 0 amide bonds. The zero-order chi connectivity index (χ0) is 15.1. The van der Waals surface area contributed by atoms with Gasteiger partial charge in [0.2, 0.25) is 10.0 Å². The molecule has 20 heavy (non-hydrogen) atoms. The Hall–Kier alpha value is -0.000000000000000111. The molecule has 0 saturated carbocycles. The van der Waals surface area contributed by atoms with Crippen molar-refractivity contribution >= 4 is 44.8 Å². The first-order valence-electron chi connectivity index (χ1n) is 6.36. The molecule has 3 nitrogen and oxygen atoms in total. The van der Waals surface area contributed by atoms with E-state index in [0.29, 0.717) is 24.9 Å². The fourth-order valence-corrected chi connectivity index (χ4v) is 5.30. The Morgan fingerprint density at radius 3 is 2.05 bits per heavy atom. The van der Waals surface area contributed by atoms with Gasteiger partial charge in [-0.2, -0.15) is 4.31 Å². The summed E-state index contributed by atoms with van der Waals surface area (Å²) in [6, 6.07) is 2.70. The van der Waals surface area contributed by atoms with E-state index in [4.69, 9.17) is 34.8 Å². The summed E-state index contributed by atoms with van der Waals surface area (Å²) in [5.74, 6) is 0.658. The zero-order valence-electron chi connectivity index (χ0n) is 11.2. The van der Waals surface area contributed by atoms with Crippen LogP contribution in [0.3, 0.4) is 0 Å². The van der Waals surface area contributed by atoms with E-state index >= 15 is 0 Å². The quantitative estimate of drug-likeness (QED) is 0.740. The molecule has 1 heterocycles. The van der Waals surface area contributed by atoms with Crippen molar-refractivity contribution in [2.24, 2.45) is 11.8 Å². The molecule has 0 spiro atoms. The van der Waals surface area contributed by atoms with Gasteiger partial charge < -0.3 is 0 Å². The Labute approximate surface area is 134 Å². The Morgan fingerprint density at radius 1 is 1.00 bits per heavy atom. The Kier molecular flexibility index (Phi) is 4.92. The van der Waals surface area contributed by atoms with Crippen molar-refractivity contribution in [2.75, 3.05) is 13.1 Å². The summed E-state index contributed by atoms with van der Waals surface area (Å²) in [5.41, 5.74) is 0. The van der Waals surface area contributed by atoms with Gasteiger partial charge >= 0.3 is 0 Å². The molecule has 1 aliphatic rings. The van der Waals surface area contributed by atoms with Crippen LogP contribution in [0.2, 0.25) is 15.1 Å². The third kappa shape index (κ3) is 3.25. The summed E-state index contributed by atoms with van der Waals surface area (Å²) in [7, 11) is -3.64. The van der Waals surface area contributed by atoms with Crippen molar-refractivity contribution in [2.45, 2.75) is 25.2 Å². The highest BCUT2D eigenvalue weighted by Crippen LogP contribution is 2.35. The molecule has 2 atom stereocenters. The first kappa shape index (κ1) is 16.4. The molecule has 0 aromatic heterocycles. The van der Waals surface area contributed by atoms with Gasteiger partial charge in [-0.15, -0.1) is 0 Å². The second kappa shape index (κ2) is 6.01. The molecular weight excluding hydrogens is 341 g/mol. The van der Waals surface area contributed by atoms with E-state index < -0.39 is 10.0 Å². The summed E-state index contributed by atoms with van der Waals surface area (Å²) in [6.07, 6.45) is 1.03. The van der Waals surface area contributed by atoms with Gasteiger partial charge in [0, 0.05) is 13.1 Å². The third-order valence-corrected chi connectivity index (χ3v) is 6.45. The molecule has 1 aromatic rings. The molecule has 0 aliphatic carbocycles. The number of hydrogen-bond acceptors (Lipinski definition) is 2. The van der Waals surface area contributed by atoms with Crippen molar-refractivity contribution in [1.82, 2.24) is 4.31 Å². The highest BCUT2D eigenvalue weighted by molar-refractivity contribution is 7.89. The number of halogens is 3. The Balaban J connectivity index is 2.42. The lowest BCUT2D eigenvalue weighted by Gasteiger charge is -2.34. The number of rotatable bonds is 2. The smallest absolute Gasteiger partial charge is 0.207 e. The first-order chi connectivity index (χ1) is 9.21. The van der Waals surface area contributed by atoms with E-state index in [1.807, 2.05) is 0 Å². The van der Waals surface area contributed by atoms with E-state index in [1.54, 1.807) is 0 Å². The van der Waals surface area contributed by atoms with Crippen LogP contribution in [0.25, 0.3) is 0 Å². The predicted molar refractivity (Wildman–Crippen MR) is 83.2 cm³/mol. The van der Waals surface area contributed by atoms with Gasteiger partial charge in [0.1, 0.15) is 4.90 Å². The van der Waals surface area contributed by atoms with Crippen LogP contribution in [0.15, 0.2) is 17.0 Å². The third-order valence-electron chi connectivity index (χ3n) is 3.43. The van der Waals surface area contributed by atoms with Crippen LogP contribution < -0.4 is 0 Å². The Morgan fingerprint density at radius 2 is 1.50 bits per heavy atom. The van der Waals surface area contributed by atoms with Gasteiger partial charge in [-0.25, -0.2) is 8.42 Å². The molecule has 0 bridgehead atoms. The molecule has 0 unspecified atom stereocenters. The normalized spacial score (nSPS) is 24.9. The van der Waals surface area contributed by atoms with E-state index in [2.05, 4.69) is 13.8 Å². The molecule has 1 aliphatic heterocycles. The van der Waals surface area contributed by atoms with Gasteiger partial charge in [0.25, 0.3) is 0 Å². The molecule has 1 aromatic carbocycles. The molecule has 0 radical (unpaired) electrons. The predicted octanol–water partition coefficient (Wildman–Crippen LogP) is 4.31. The summed E-state index contributed by atoms with van der Waals surface area (Å²) in [6.45, 7) is 5.11. The average Bonchev–Trinajstić information content (AvgIpc) is 2.32. The highest BCUT2D eigenvalue weighted by Gasteiger charge is 2.33. The van der Waals surface area contributed by atoms with E-state index in [0.717, 1.165) is 6.42 Å². The van der Waals surface area contributed by atoms with Crippen molar-refractivity contribution in [1.29, 1.82) is 0 Å². The van der Waals surface area contributed by atoms with Crippen molar-refractivity contribution < 1.29 is 8.42 Å². The maximum absolute atomic E-state index is 12.7. The van der Waals surface area contributed by atoms with Crippen LogP contribution in [-0.2, 0) is 10.0 Å². The van der Waals surface area contributed by atoms with Crippen LogP contribution in [0.5, 0.6) is 0 Å². The standard InChI is InChI=1S/C13H16Cl3NO2S/c1-8-3-9(2)7-17(6-8)20(18,19)13-5-11(15)10(14)4-12(13)16/h4-5,8-9H,3,6-7H2,1-2H3/t8-,9+. The largest absolute Gasteiger partial charge is 0.244 e. The Bertz CT molecular complexity index is 608. The summed E-state index contributed by atoms with van der Waals surface area (Å²) in [5, 5.41) is 0.536. The number of benzene rings is 1. The van der Waals surface area contributed by atoms with Gasteiger partial charge in [-0.05, 0) is 30.4 Å². The van der Waals surface area contributed by atoms with Crippen molar-refractivity contribution in [3.63, 3.8) is 0 Å². The fraction of sp³-hybridized carbons (Fsp3) is 0.538. The molecule has 112 valence electrons. The molecular formula is C13H16Cl3NO2S. The first-order valence-corrected chi connectivity index (χ1v) is 8.94. The van der Waals surface area contributed by atoms with E-state index in [-0.39, 0.29) is 20.0 Å². The van der Waals surface area contributed by atoms with E-state index in [1.165, 1.54) is 16.4 Å². The maximum Gasteiger partial charge on any atom is 0.244 e. The molecule has 0 N–H and O–H groups in total. The van der Waals surface area contributed by atoms with Gasteiger partial charge in [0.05, 0.1) is 15.1 Å². The van der Waals surface area contributed by atoms with Crippen LogP contribution in [0.4, 0.5) is 0 Å². The number of piperidine rings is 1. The van der Waals surface area contributed by atoms with Crippen LogP contribution in [-0.4, -0.2) is 25.8 Å². The minimum Gasteiger partial charge on any atom is -0.207 e. The van der Waals surface area contributed by atoms with Crippen LogP contribution in [0, 0.1) is 11.8 Å². The lowest BCUT2D eigenvalue weighted by atomic mass is 9.94. The lowest BCUT2D eigenvalue weighted by molar-refractivity contribution is 0.222. The summed E-state index contributed by atoms with van der Waals surface area (Å²) in [4.78, 5) is 0.0230. The minimum absolute atomic E-state index is 0.0230. The highest BCUT2D eigenvalue weighted by atomic mass is 35.5. The minimum atomic E-state index is -3.64. The number of nitrogens with zero attached hydrogens (tertiary/aromatic N) is 1. The number of sulfonamides is 1. The number of hydrogen-bond donors (Lipinski definition) is 0. The fourth-order valence-electron chi connectivity index (χ4n) is 2.64. The van der Waals surface area contributed by atoms with Crippen LogP contribution in [0.1, 0.15) is 20.3 Å². The SMILES string of the molecule is C[C@@H]1C[C@H](C)CN(S(=O)(=O)c2cc(Cl)c(Cl)cc2Cl)C1. The van der Waals surface area contributed by atoms with Crippen LogP contribution >= 0.6 is 34.8 Å². The monoisotopic (exact) mass is 355 g/mol. The molecule has 1 fully saturated rings. The summed E-state index contributed by atoms with van der Waals surface area (Å²) < 4.78 is 26.9. The average molecular weight is 357 g/mol. The topological polar surface area (TPSA) is 37.4 Å². The maximum atomic E-state index is 12.7. The molecule has 7 heteroatoms. The molecule has 2 rings (SSSR count).